The van der Waals surface area contributed by atoms with Crippen molar-refractivity contribution in [2.24, 2.45) is 0 Å². The van der Waals surface area contributed by atoms with Gasteiger partial charge in [-0.25, -0.2) is 4.98 Å². The van der Waals surface area contributed by atoms with Crippen molar-refractivity contribution in [2.45, 2.75) is 25.8 Å². The molecule has 1 heterocycles. The van der Waals surface area contributed by atoms with Crippen molar-refractivity contribution >= 4 is 17.4 Å². The molecule has 1 aromatic heterocycles. The first-order valence-corrected chi connectivity index (χ1v) is 5.97. The van der Waals surface area contributed by atoms with E-state index in [1.807, 2.05) is 6.92 Å². The minimum absolute atomic E-state index is 0.0616. The number of amides is 1. The van der Waals surface area contributed by atoms with Crippen LogP contribution in [0.1, 0.15) is 19.8 Å². The van der Waals surface area contributed by atoms with E-state index in [9.17, 15) is 4.79 Å². The second-order valence-corrected chi connectivity index (χ2v) is 4.07. The van der Waals surface area contributed by atoms with Gasteiger partial charge in [-0.05, 0) is 19.8 Å². The Labute approximate surface area is 105 Å². The maximum atomic E-state index is 11.5. The number of carbonyl (C=O) groups excluding carboxylic acids is 1. The second kappa shape index (κ2) is 5.52. The summed E-state index contributed by atoms with van der Waals surface area (Å²) in [6.45, 7) is 2.46. The molecule has 1 aromatic rings. The lowest BCUT2D eigenvalue weighted by Crippen LogP contribution is -2.31. The number of carbonyl (C=O) groups is 1. The highest BCUT2D eigenvalue weighted by molar-refractivity contribution is 5.82. The fourth-order valence-electron chi connectivity index (χ4n) is 1.44. The Morgan fingerprint density at radius 1 is 1.56 bits per heavy atom. The van der Waals surface area contributed by atoms with Crippen LogP contribution in [0, 0.1) is 0 Å². The molecule has 0 saturated heterocycles. The molecule has 18 heavy (non-hydrogen) atoms. The quantitative estimate of drug-likeness (QED) is 0.665. The van der Waals surface area contributed by atoms with Crippen LogP contribution < -0.4 is 21.1 Å². The van der Waals surface area contributed by atoms with E-state index < -0.39 is 0 Å². The number of hydrogen-bond donors (Lipinski definition) is 3. The predicted molar refractivity (Wildman–Crippen MR) is 67.3 cm³/mol. The Balaban J connectivity index is 1.91. The van der Waals surface area contributed by atoms with E-state index in [1.165, 1.54) is 6.33 Å². The summed E-state index contributed by atoms with van der Waals surface area (Å²) in [5.74, 6) is 0.686. The number of rotatable bonds is 6. The smallest absolute Gasteiger partial charge is 0.242 e. The van der Waals surface area contributed by atoms with Crippen molar-refractivity contribution in [3.63, 3.8) is 0 Å². The van der Waals surface area contributed by atoms with Crippen LogP contribution in [0.2, 0.25) is 0 Å². The number of anilines is 2. The van der Waals surface area contributed by atoms with Crippen LogP contribution in [0.3, 0.4) is 0 Å². The molecular weight excluding hydrogens is 234 g/mol. The molecule has 2 rings (SSSR count). The zero-order valence-corrected chi connectivity index (χ0v) is 10.3. The Bertz CT molecular complexity index is 433. The van der Waals surface area contributed by atoms with Gasteiger partial charge in [-0.15, -0.1) is 0 Å². The van der Waals surface area contributed by atoms with E-state index in [-0.39, 0.29) is 12.5 Å². The molecule has 0 aliphatic heterocycles. The number of nitrogens with two attached hydrogens (primary N) is 1. The predicted octanol–water partition coefficient (Wildman–Crippen LogP) is 0.148. The van der Waals surface area contributed by atoms with E-state index in [0.717, 1.165) is 12.8 Å². The Hall–Kier alpha value is -2.05. The van der Waals surface area contributed by atoms with Gasteiger partial charge in [-0.1, -0.05) is 0 Å². The number of aromatic nitrogens is 2. The maximum Gasteiger partial charge on any atom is 0.242 e. The van der Waals surface area contributed by atoms with E-state index in [0.29, 0.717) is 30.0 Å². The molecular formula is C11H17N5O2. The first kappa shape index (κ1) is 12.4. The van der Waals surface area contributed by atoms with Gasteiger partial charge in [0.1, 0.15) is 12.0 Å². The van der Waals surface area contributed by atoms with Crippen LogP contribution in [0.5, 0.6) is 5.88 Å². The molecule has 4 N–H and O–H groups in total. The van der Waals surface area contributed by atoms with Crippen molar-refractivity contribution < 1.29 is 9.53 Å². The normalized spacial score (nSPS) is 14.1. The zero-order valence-electron chi connectivity index (χ0n) is 10.3. The fourth-order valence-corrected chi connectivity index (χ4v) is 1.44. The molecule has 1 amide bonds. The summed E-state index contributed by atoms with van der Waals surface area (Å²) in [7, 11) is 0. The van der Waals surface area contributed by atoms with Gasteiger partial charge in [0.25, 0.3) is 0 Å². The van der Waals surface area contributed by atoms with Crippen LogP contribution in [-0.2, 0) is 4.79 Å². The summed E-state index contributed by atoms with van der Waals surface area (Å²) in [5.41, 5.74) is 6.14. The van der Waals surface area contributed by atoms with Gasteiger partial charge in [0.05, 0.1) is 13.2 Å². The van der Waals surface area contributed by atoms with Crippen molar-refractivity contribution in [3.05, 3.63) is 6.33 Å². The highest BCUT2D eigenvalue weighted by Gasteiger charge is 2.23. The molecule has 0 spiro atoms. The molecule has 1 saturated carbocycles. The summed E-state index contributed by atoms with van der Waals surface area (Å²) in [6.07, 6.45) is 3.48. The molecule has 98 valence electrons. The Kier molecular flexibility index (Phi) is 3.81. The topological polar surface area (TPSA) is 102 Å². The van der Waals surface area contributed by atoms with Crippen molar-refractivity contribution in [1.82, 2.24) is 15.3 Å². The molecule has 0 unspecified atom stereocenters. The number of hydrogen-bond acceptors (Lipinski definition) is 6. The molecule has 0 radical (unpaired) electrons. The SMILES string of the molecule is CCOc1ncnc(NCC(=O)NC2CC2)c1N. The van der Waals surface area contributed by atoms with Crippen LogP contribution in [0.15, 0.2) is 6.33 Å². The van der Waals surface area contributed by atoms with Crippen LogP contribution in [0.25, 0.3) is 0 Å². The Morgan fingerprint density at radius 2 is 2.33 bits per heavy atom. The van der Waals surface area contributed by atoms with Gasteiger partial charge >= 0.3 is 0 Å². The van der Waals surface area contributed by atoms with Gasteiger partial charge in [-0.2, -0.15) is 4.98 Å². The number of ether oxygens (including phenoxy) is 1. The largest absolute Gasteiger partial charge is 0.476 e. The molecule has 1 fully saturated rings. The van der Waals surface area contributed by atoms with E-state index in [2.05, 4.69) is 20.6 Å². The number of nitrogens with one attached hydrogen (secondary N) is 2. The second-order valence-electron chi connectivity index (χ2n) is 4.07. The summed E-state index contributed by atoms with van der Waals surface area (Å²) in [6, 6.07) is 0.348. The molecule has 0 bridgehead atoms. The molecule has 0 aromatic carbocycles. The average Bonchev–Trinajstić information content (AvgIpc) is 3.14. The molecule has 1 aliphatic carbocycles. The number of nitrogens with zero attached hydrogens (tertiary/aromatic N) is 2. The molecule has 7 nitrogen and oxygen atoms in total. The monoisotopic (exact) mass is 251 g/mol. The maximum absolute atomic E-state index is 11.5. The minimum Gasteiger partial charge on any atom is -0.476 e. The lowest BCUT2D eigenvalue weighted by Gasteiger charge is -2.10. The van der Waals surface area contributed by atoms with Gasteiger partial charge in [0.2, 0.25) is 11.8 Å². The summed E-state index contributed by atoms with van der Waals surface area (Å²) >= 11 is 0. The standard InChI is InChI=1S/C11H17N5O2/c1-2-18-11-9(12)10(14-6-15-11)13-5-8(17)16-7-3-4-7/h6-7H,2-5,12H2,1H3,(H,16,17)(H,13,14,15). The summed E-state index contributed by atoms with van der Waals surface area (Å²) in [5, 5.41) is 5.74. The summed E-state index contributed by atoms with van der Waals surface area (Å²) < 4.78 is 5.24. The van der Waals surface area contributed by atoms with Crippen molar-refractivity contribution in [1.29, 1.82) is 0 Å². The van der Waals surface area contributed by atoms with Gasteiger partial charge in [0.15, 0.2) is 5.82 Å². The first-order chi connectivity index (χ1) is 8.70. The third-order valence-corrected chi connectivity index (χ3v) is 2.49. The van der Waals surface area contributed by atoms with Crippen molar-refractivity contribution in [2.75, 3.05) is 24.2 Å². The third-order valence-electron chi connectivity index (χ3n) is 2.49. The van der Waals surface area contributed by atoms with E-state index in [1.54, 1.807) is 0 Å². The van der Waals surface area contributed by atoms with Crippen LogP contribution >= 0.6 is 0 Å². The fraction of sp³-hybridized carbons (Fsp3) is 0.545. The minimum atomic E-state index is -0.0616. The van der Waals surface area contributed by atoms with Gasteiger partial charge in [-0.3, -0.25) is 4.79 Å². The highest BCUT2D eigenvalue weighted by atomic mass is 16.5. The lowest BCUT2D eigenvalue weighted by atomic mass is 10.4. The average molecular weight is 251 g/mol. The van der Waals surface area contributed by atoms with Crippen LogP contribution in [-0.4, -0.2) is 35.1 Å². The molecule has 1 aliphatic rings. The molecule has 7 heteroatoms. The zero-order chi connectivity index (χ0) is 13.0. The van der Waals surface area contributed by atoms with Crippen molar-refractivity contribution in [3.8, 4) is 5.88 Å². The van der Waals surface area contributed by atoms with E-state index >= 15 is 0 Å². The Morgan fingerprint density at radius 3 is 3.00 bits per heavy atom. The van der Waals surface area contributed by atoms with Crippen LogP contribution in [0.4, 0.5) is 11.5 Å². The van der Waals surface area contributed by atoms with E-state index in [4.69, 9.17) is 10.5 Å². The first-order valence-electron chi connectivity index (χ1n) is 5.97. The summed E-state index contributed by atoms with van der Waals surface area (Å²) in [4.78, 5) is 19.4. The van der Waals surface area contributed by atoms with Gasteiger partial charge < -0.3 is 21.1 Å². The lowest BCUT2D eigenvalue weighted by molar-refractivity contribution is -0.119. The third kappa shape index (κ3) is 3.22. The van der Waals surface area contributed by atoms with Gasteiger partial charge in [0, 0.05) is 6.04 Å². The molecule has 0 atom stereocenters. The number of nitrogen functional groups attached to an aromatic ring is 1. The highest BCUT2D eigenvalue weighted by Crippen LogP contribution is 2.24.